The van der Waals surface area contributed by atoms with E-state index in [1.807, 2.05) is 0 Å². The highest BCUT2D eigenvalue weighted by Gasteiger charge is 2.13. The summed E-state index contributed by atoms with van der Waals surface area (Å²) in [5.41, 5.74) is 1.52. The highest BCUT2D eigenvalue weighted by molar-refractivity contribution is 6.35. The van der Waals surface area contributed by atoms with Crippen molar-refractivity contribution in [2.75, 3.05) is 0 Å². The molecule has 0 amide bonds. The van der Waals surface area contributed by atoms with Crippen LogP contribution in [0.25, 0.3) is 0 Å². The molecule has 0 spiro atoms. The summed E-state index contributed by atoms with van der Waals surface area (Å²) >= 11 is 0. The van der Waals surface area contributed by atoms with Crippen molar-refractivity contribution in [2.45, 2.75) is 63.5 Å². The summed E-state index contributed by atoms with van der Waals surface area (Å²) < 4.78 is 0. The van der Waals surface area contributed by atoms with E-state index in [1.165, 1.54) is 56.2 Å². The van der Waals surface area contributed by atoms with Gasteiger partial charge >= 0.3 is 0 Å². The fourth-order valence-corrected chi connectivity index (χ4v) is 4.49. The fraction of sp³-hybridized carbons (Fsp3) is 0.647. The molecule has 0 bridgehead atoms. The Hall–Kier alpha value is -0.563. The van der Waals surface area contributed by atoms with Crippen LogP contribution < -0.4 is 0 Å². The average Bonchev–Trinajstić information content (AvgIpc) is 2.45. The van der Waals surface area contributed by atoms with Crippen molar-refractivity contribution < 1.29 is 0 Å². The second-order valence-corrected chi connectivity index (χ2v) is 7.22. The molecular formula is C17H26Si. The van der Waals surface area contributed by atoms with Gasteiger partial charge in [-0.15, -0.1) is 0 Å². The largest absolute Gasteiger partial charge is 0.0622 e. The van der Waals surface area contributed by atoms with E-state index < -0.39 is 0 Å². The maximum absolute atomic E-state index is 2.38. The Morgan fingerprint density at radius 2 is 1.83 bits per heavy atom. The third-order valence-corrected chi connectivity index (χ3v) is 5.82. The molecule has 1 heteroatoms. The minimum Gasteiger partial charge on any atom is -0.0622 e. The molecule has 98 valence electrons. The van der Waals surface area contributed by atoms with Gasteiger partial charge in [0, 0.05) is 9.52 Å². The normalized spacial score (nSPS) is 18.7. The maximum Gasteiger partial charge on any atom is 0.0384 e. The Morgan fingerprint density at radius 3 is 2.56 bits per heavy atom. The maximum atomic E-state index is 2.38. The van der Waals surface area contributed by atoms with Crippen molar-refractivity contribution in [1.29, 1.82) is 0 Å². The third kappa shape index (κ3) is 4.60. The van der Waals surface area contributed by atoms with Crippen LogP contribution in [0.2, 0.25) is 12.1 Å². The summed E-state index contributed by atoms with van der Waals surface area (Å²) in [6.07, 6.45) is 9.00. The molecule has 1 atom stereocenters. The van der Waals surface area contributed by atoms with Crippen LogP contribution >= 0.6 is 0 Å². The molecule has 0 heterocycles. The fourth-order valence-electron chi connectivity index (χ4n) is 3.00. The number of hydrogen-bond donors (Lipinski definition) is 0. The Bertz CT molecular complexity index is 314. The first kappa shape index (κ1) is 13.9. The molecule has 2 radical (unpaired) electrons. The minimum atomic E-state index is 0.746. The molecule has 0 saturated heterocycles. The van der Waals surface area contributed by atoms with Crippen LogP contribution in [0.5, 0.6) is 0 Å². The number of hydrogen-bond acceptors (Lipinski definition) is 0. The summed E-state index contributed by atoms with van der Waals surface area (Å²) in [6.45, 7) is 2.38. The van der Waals surface area contributed by atoms with Gasteiger partial charge in [0.1, 0.15) is 0 Å². The van der Waals surface area contributed by atoms with Crippen LogP contribution in [0.3, 0.4) is 0 Å². The van der Waals surface area contributed by atoms with Crippen molar-refractivity contribution in [3.05, 3.63) is 35.9 Å². The number of rotatable bonds is 6. The molecule has 1 aromatic rings. The van der Waals surface area contributed by atoms with Crippen molar-refractivity contribution in [1.82, 2.24) is 0 Å². The van der Waals surface area contributed by atoms with Crippen molar-refractivity contribution in [3.63, 3.8) is 0 Å². The minimum absolute atomic E-state index is 0.746. The number of benzene rings is 1. The van der Waals surface area contributed by atoms with E-state index in [1.54, 1.807) is 0 Å². The lowest BCUT2D eigenvalue weighted by atomic mass is 9.88. The molecule has 1 aliphatic rings. The van der Waals surface area contributed by atoms with E-state index in [2.05, 4.69) is 37.3 Å². The lowest BCUT2D eigenvalue weighted by molar-refractivity contribution is 0.349. The second-order valence-electron chi connectivity index (χ2n) is 5.81. The average molecular weight is 258 g/mol. The Labute approximate surface area is 115 Å². The SMILES string of the molecule is CC(C[Si]CCC1CCCCC1)c1ccccc1. The predicted molar refractivity (Wildman–Crippen MR) is 81.4 cm³/mol. The van der Waals surface area contributed by atoms with Crippen molar-refractivity contribution >= 4 is 9.52 Å². The van der Waals surface area contributed by atoms with Crippen LogP contribution in [0, 0.1) is 5.92 Å². The van der Waals surface area contributed by atoms with Crippen molar-refractivity contribution in [2.24, 2.45) is 5.92 Å². The van der Waals surface area contributed by atoms with Gasteiger partial charge in [0.05, 0.1) is 0 Å². The van der Waals surface area contributed by atoms with Gasteiger partial charge in [0.25, 0.3) is 0 Å². The summed E-state index contributed by atoms with van der Waals surface area (Å²) in [5, 5.41) is 0. The topological polar surface area (TPSA) is 0 Å². The van der Waals surface area contributed by atoms with E-state index in [0.29, 0.717) is 0 Å². The molecule has 1 unspecified atom stereocenters. The molecule has 2 rings (SSSR count). The van der Waals surface area contributed by atoms with Gasteiger partial charge in [-0.25, -0.2) is 0 Å². The molecular weight excluding hydrogens is 232 g/mol. The van der Waals surface area contributed by atoms with E-state index >= 15 is 0 Å². The van der Waals surface area contributed by atoms with E-state index in [4.69, 9.17) is 0 Å². The lowest BCUT2D eigenvalue weighted by Gasteiger charge is -2.21. The molecule has 18 heavy (non-hydrogen) atoms. The van der Waals surface area contributed by atoms with Gasteiger partial charge in [0.15, 0.2) is 0 Å². The predicted octanol–water partition coefficient (Wildman–Crippen LogP) is 5.30. The highest BCUT2D eigenvalue weighted by atomic mass is 28.2. The smallest absolute Gasteiger partial charge is 0.0384 e. The quantitative estimate of drug-likeness (QED) is 0.480. The first-order valence-corrected chi connectivity index (χ1v) is 9.03. The molecule has 0 aliphatic heterocycles. The van der Waals surface area contributed by atoms with E-state index in [-0.39, 0.29) is 0 Å². The zero-order chi connectivity index (χ0) is 12.6. The van der Waals surface area contributed by atoms with Gasteiger partial charge in [-0.05, 0) is 17.4 Å². The Morgan fingerprint density at radius 1 is 1.11 bits per heavy atom. The van der Waals surface area contributed by atoms with Crippen LogP contribution in [0.1, 0.15) is 56.9 Å². The summed E-state index contributed by atoms with van der Waals surface area (Å²) in [7, 11) is 1.16. The Balaban J connectivity index is 1.60. The Kier molecular flexibility index (Phi) is 5.99. The molecule has 1 fully saturated rings. The molecule has 1 aromatic carbocycles. The molecule has 1 aliphatic carbocycles. The summed E-state index contributed by atoms with van der Waals surface area (Å²) in [4.78, 5) is 0. The van der Waals surface area contributed by atoms with Gasteiger partial charge < -0.3 is 0 Å². The summed E-state index contributed by atoms with van der Waals surface area (Å²) in [6, 6.07) is 13.8. The van der Waals surface area contributed by atoms with Crippen molar-refractivity contribution in [3.8, 4) is 0 Å². The van der Waals surface area contributed by atoms with E-state index in [0.717, 1.165) is 21.4 Å². The van der Waals surface area contributed by atoms with Gasteiger partial charge in [-0.2, -0.15) is 0 Å². The molecule has 0 aromatic heterocycles. The summed E-state index contributed by atoms with van der Waals surface area (Å²) in [5.74, 6) is 1.81. The highest BCUT2D eigenvalue weighted by Crippen LogP contribution is 2.28. The monoisotopic (exact) mass is 258 g/mol. The van der Waals surface area contributed by atoms with E-state index in [9.17, 15) is 0 Å². The standard InChI is InChI=1S/C17H26Si/c1-15(17-10-6-3-7-11-17)14-18-13-12-16-8-4-2-5-9-16/h3,6-7,10-11,15-16H,2,4-5,8-9,12-14H2,1H3. The van der Waals surface area contributed by atoms with Gasteiger partial charge in [-0.3, -0.25) is 0 Å². The molecule has 1 saturated carbocycles. The molecule has 0 nitrogen and oxygen atoms in total. The van der Waals surface area contributed by atoms with Crippen LogP contribution in [0.15, 0.2) is 30.3 Å². The van der Waals surface area contributed by atoms with Gasteiger partial charge in [0.2, 0.25) is 0 Å². The van der Waals surface area contributed by atoms with Gasteiger partial charge in [-0.1, -0.05) is 87.9 Å². The third-order valence-electron chi connectivity index (χ3n) is 4.27. The zero-order valence-electron chi connectivity index (χ0n) is 11.7. The first-order chi connectivity index (χ1) is 8.86. The molecule has 0 N–H and O–H groups in total. The van der Waals surface area contributed by atoms with Crippen LogP contribution in [0.4, 0.5) is 0 Å². The van der Waals surface area contributed by atoms with Crippen LogP contribution in [-0.2, 0) is 0 Å². The second kappa shape index (κ2) is 7.78. The first-order valence-electron chi connectivity index (χ1n) is 7.62. The zero-order valence-corrected chi connectivity index (χ0v) is 12.7. The van der Waals surface area contributed by atoms with Crippen LogP contribution in [-0.4, -0.2) is 9.52 Å². The lowest BCUT2D eigenvalue weighted by Crippen LogP contribution is -2.07.